The second kappa shape index (κ2) is 4.89. The maximum Gasteiger partial charge on any atom is 0.146 e. The third-order valence-electron chi connectivity index (χ3n) is 1.96. The number of nitrogens with zero attached hydrogens (tertiary/aromatic N) is 3. The molecule has 84 valence electrons. The second-order valence-corrected chi connectivity index (χ2v) is 4.33. The molecule has 0 atom stereocenters. The lowest BCUT2D eigenvalue weighted by atomic mass is 10.4. The minimum Gasteiger partial charge on any atom is -0.382 e. The summed E-state index contributed by atoms with van der Waals surface area (Å²) in [6, 6.07) is 0. The van der Waals surface area contributed by atoms with E-state index >= 15 is 0 Å². The summed E-state index contributed by atoms with van der Waals surface area (Å²) >= 11 is 1.68. The van der Waals surface area contributed by atoms with Gasteiger partial charge in [0.2, 0.25) is 0 Å². The summed E-state index contributed by atoms with van der Waals surface area (Å²) in [6.07, 6.45) is 4.06. The topological polar surface area (TPSA) is 76.7 Å². The van der Waals surface area contributed by atoms with Crippen LogP contribution in [-0.2, 0) is 6.42 Å². The second-order valence-electron chi connectivity index (χ2n) is 3.39. The number of hydrogen-bond donors (Lipinski definition) is 2. The molecule has 0 unspecified atom stereocenters. The van der Waals surface area contributed by atoms with E-state index in [1.165, 1.54) is 6.20 Å². The summed E-state index contributed by atoms with van der Waals surface area (Å²) in [4.78, 5) is 12.4. The van der Waals surface area contributed by atoms with Gasteiger partial charge in [-0.1, -0.05) is 0 Å². The molecule has 0 fully saturated rings. The van der Waals surface area contributed by atoms with Crippen LogP contribution in [0.15, 0.2) is 17.8 Å². The first-order valence-corrected chi connectivity index (χ1v) is 5.84. The number of anilines is 2. The lowest BCUT2D eigenvalue weighted by Crippen LogP contribution is -2.07. The average Bonchev–Trinajstić information content (AvgIpc) is 2.64. The summed E-state index contributed by atoms with van der Waals surface area (Å²) in [5.41, 5.74) is 6.59. The molecule has 5 nitrogen and oxygen atoms in total. The zero-order chi connectivity index (χ0) is 11.4. The van der Waals surface area contributed by atoms with Crippen LogP contribution in [0.2, 0.25) is 0 Å². The minimum absolute atomic E-state index is 0.426. The molecular formula is C10H13N5S. The molecule has 0 aromatic carbocycles. The van der Waals surface area contributed by atoms with Crippen molar-refractivity contribution in [3.63, 3.8) is 0 Å². The van der Waals surface area contributed by atoms with Crippen LogP contribution >= 0.6 is 11.3 Å². The Balaban J connectivity index is 1.84. The maximum absolute atomic E-state index is 5.52. The van der Waals surface area contributed by atoms with Gasteiger partial charge in [-0.25, -0.2) is 9.97 Å². The van der Waals surface area contributed by atoms with Crippen LogP contribution in [-0.4, -0.2) is 21.5 Å². The van der Waals surface area contributed by atoms with E-state index in [9.17, 15) is 0 Å². The van der Waals surface area contributed by atoms with Crippen LogP contribution < -0.4 is 11.1 Å². The van der Waals surface area contributed by atoms with Crippen molar-refractivity contribution in [2.24, 2.45) is 0 Å². The van der Waals surface area contributed by atoms with Gasteiger partial charge in [-0.2, -0.15) is 0 Å². The number of aromatic nitrogens is 3. The van der Waals surface area contributed by atoms with Crippen LogP contribution in [0.3, 0.4) is 0 Å². The minimum atomic E-state index is 0.426. The highest BCUT2D eigenvalue weighted by Gasteiger charge is 1.99. The smallest absolute Gasteiger partial charge is 0.146 e. The predicted molar refractivity (Wildman–Crippen MR) is 65.5 cm³/mol. The highest BCUT2D eigenvalue weighted by Crippen LogP contribution is 2.09. The van der Waals surface area contributed by atoms with Crippen LogP contribution in [0.25, 0.3) is 0 Å². The molecule has 0 spiro atoms. The first-order chi connectivity index (χ1) is 7.74. The van der Waals surface area contributed by atoms with Gasteiger partial charge in [0.05, 0.1) is 17.4 Å². The zero-order valence-corrected chi connectivity index (χ0v) is 9.79. The lowest BCUT2D eigenvalue weighted by Gasteiger charge is -2.03. The number of thiazole rings is 1. The van der Waals surface area contributed by atoms with E-state index < -0.39 is 0 Å². The quantitative estimate of drug-likeness (QED) is 0.839. The van der Waals surface area contributed by atoms with E-state index in [0.717, 1.165) is 23.7 Å². The van der Waals surface area contributed by atoms with Gasteiger partial charge in [0.25, 0.3) is 0 Å². The number of aryl methyl sites for hydroxylation is 1. The molecular weight excluding hydrogens is 222 g/mol. The van der Waals surface area contributed by atoms with Crippen molar-refractivity contribution in [1.29, 1.82) is 0 Å². The van der Waals surface area contributed by atoms with Gasteiger partial charge in [-0.3, -0.25) is 4.98 Å². The van der Waals surface area contributed by atoms with E-state index in [1.54, 1.807) is 17.5 Å². The Labute approximate surface area is 97.8 Å². The van der Waals surface area contributed by atoms with Gasteiger partial charge in [0.15, 0.2) is 0 Å². The van der Waals surface area contributed by atoms with Crippen molar-refractivity contribution in [3.05, 3.63) is 28.5 Å². The van der Waals surface area contributed by atoms with Gasteiger partial charge in [-0.05, 0) is 6.92 Å². The van der Waals surface area contributed by atoms with Gasteiger partial charge in [-0.15, -0.1) is 11.3 Å². The summed E-state index contributed by atoms with van der Waals surface area (Å²) in [6.45, 7) is 2.78. The molecule has 16 heavy (non-hydrogen) atoms. The normalized spacial score (nSPS) is 10.3. The highest BCUT2D eigenvalue weighted by molar-refractivity contribution is 7.09. The molecule has 0 aliphatic carbocycles. The van der Waals surface area contributed by atoms with Gasteiger partial charge >= 0.3 is 0 Å². The third-order valence-corrected chi connectivity index (χ3v) is 2.99. The van der Waals surface area contributed by atoms with Crippen LogP contribution in [0, 0.1) is 6.92 Å². The van der Waals surface area contributed by atoms with Gasteiger partial charge < -0.3 is 11.1 Å². The molecule has 3 N–H and O–H groups in total. The lowest BCUT2D eigenvalue weighted by molar-refractivity contribution is 0.974. The standard InChI is InChI=1S/C10H13N5S/c1-7-6-16-10(14-7)2-3-13-9-5-12-4-8(11)15-9/h4-6H,2-3H2,1H3,(H3,11,13,15). The summed E-state index contributed by atoms with van der Waals surface area (Å²) in [5, 5.41) is 6.33. The first-order valence-electron chi connectivity index (χ1n) is 4.96. The summed E-state index contributed by atoms with van der Waals surface area (Å²) in [5.74, 6) is 1.13. The van der Waals surface area contributed by atoms with Crippen LogP contribution in [0.4, 0.5) is 11.6 Å². The van der Waals surface area contributed by atoms with Crippen molar-refractivity contribution >= 4 is 23.0 Å². The number of nitrogen functional groups attached to an aromatic ring is 1. The molecule has 2 heterocycles. The van der Waals surface area contributed by atoms with Crippen LogP contribution in [0.1, 0.15) is 10.7 Å². The predicted octanol–water partition coefficient (Wildman–Crippen LogP) is 1.48. The number of nitrogens with one attached hydrogen (secondary N) is 1. The van der Waals surface area contributed by atoms with Crippen molar-refractivity contribution in [2.75, 3.05) is 17.6 Å². The van der Waals surface area contributed by atoms with Gasteiger partial charge in [0, 0.05) is 24.0 Å². The highest BCUT2D eigenvalue weighted by atomic mass is 32.1. The van der Waals surface area contributed by atoms with Crippen molar-refractivity contribution < 1.29 is 0 Å². The summed E-state index contributed by atoms with van der Waals surface area (Å²) < 4.78 is 0. The molecule has 0 bridgehead atoms. The average molecular weight is 235 g/mol. The van der Waals surface area contributed by atoms with Gasteiger partial charge in [0.1, 0.15) is 11.6 Å². The Morgan fingerprint density at radius 3 is 2.94 bits per heavy atom. The Bertz CT molecular complexity index is 468. The molecule has 6 heteroatoms. The maximum atomic E-state index is 5.52. The molecule has 0 saturated carbocycles. The Kier molecular flexibility index (Phi) is 3.31. The van der Waals surface area contributed by atoms with Crippen molar-refractivity contribution in [1.82, 2.24) is 15.0 Å². The fourth-order valence-electron chi connectivity index (χ4n) is 1.28. The van der Waals surface area contributed by atoms with E-state index in [4.69, 9.17) is 5.73 Å². The van der Waals surface area contributed by atoms with E-state index in [2.05, 4.69) is 25.6 Å². The molecule has 2 aromatic rings. The monoisotopic (exact) mass is 235 g/mol. The SMILES string of the molecule is Cc1csc(CCNc2cncc(N)n2)n1. The molecule has 0 aliphatic heterocycles. The fraction of sp³-hybridized carbons (Fsp3) is 0.300. The molecule has 0 radical (unpaired) electrons. The Morgan fingerprint density at radius 2 is 2.25 bits per heavy atom. The molecule has 0 amide bonds. The number of hydrogen-bond acceptors (Lipinski definition) is 6. The van der Waals surface area contributed by atoms with E-state index in [0.29, 0.717) is 11.6 Å². The Morgan fingerprint density at radius 1 is 1.38 bits per heavy atom. The van der Waals surface area contributed by atoms with Crippen molar-refractivity contribution in [3.8, 4) is 0 Å². The number of rotatable bonds is 4. The molecule has 2 rings (SSSR count). The van der Waals surface area contributed by atoms with Crippen LogP contribution in [0.5, 0.6) is 0 Å². The van der Waals surface area contributed by atoms with E-state index in [-0.39, 0.29) is 0 Å². The zero-order valence-electron chi connectivity index (χ0n) is 8.97. The molecule has 0 aliphatic rings. The first kappa shape index (κ1) is 10.8. The fourth-order valence-corrected chi connectivity index (χ4v) is 2.06. The Hall–Kier alpha value is -1.69. The largest absolute Gasteiger partial charge is 0.382 e. The van der Waals surface area contributed by atoms with E-state index in [1.807, 2.05) is 6.92 Å². The third kappa shape index (κ3) is 2.90. The van der Waals surface area contributed by atoms with Crippen molar-refractivity contribution in [2.45, 2.75) is 13.3 Å². The molecule has 0 saturated heterocycles. The number of nitrogens with two attached hydrogens (primary N) is 1. The molecule has 2 aromatic heterocycles. The summed E-state index contributed by atoms with van der Waals surface area (Å²) in [7, 11) is 0.